The van der Waals surface area contributed by atoms with Crippen molar-refractivity contribution in [2.75, 3.05) is 0 Å². The summed E-state index contributed by atoms with van der Waals surface area (Å²) in [5.74, 6) is 0.236. The van der Waals surface area contributed by atoms with E-state index in [1.54, 1.807) is 24.3 Å². The van der Waals surface area contributed by atoms with Crippen molar-refractivity contribution in [3.8, 4) is 22.6 Å². The zero-order valence-electron chi connectivity index (χ0n) is 13.4. The number of phenols is 2. The van der Waals surface area contributed by atoms with Crippen molar-refractivity contribution in [2.45, 2.75) is 0 Å². The number of hydrogen-bond donors (Lipinski definition) is 2. The summed E-state index contributed by atoms with van der Waals surface area (Å²) in [6.45, 7) is 0. The number of halogens is 2. The number of benzene rings is 4. The van der Waals surface area contributed by atoms with Crippen molar-refractivity contribution in [2.24, 2.45) is 0 Å². The molecule has 0 fully saturated rings. The van der Waals surface area contributed by atoms with Crippen LogP contribution in [-0.4, -0.2) is 10.2 Å². The Bertz CT molecular complexity index is 1020. The van der Waals surface area contributed by atoms with Crippen LogP contribution in [0.25, 0.3) is 32.7 Å². The van der Waals surface area contributed by atoms with E-state index in [0.29, 0.717) is 11.1 Å². The van der Waals surface area contributed by atoms with Crippen LogP contribution in [0, 0.1) is 12.1 Å². The molecule has 0 amide bonds. The Hall–Kier alpha value is 0.168. The van der Waals surface area contributed by atoms with Crippen LogP contribution in [-0.2, 0) is 65.4 Å². The molecule has 2 radical (unpaired) electrons. The minimum absolute atomic E-state index is 0. The van der Waals surface area contributed by atoms with Crippen LogP contribution in [0.1, 0.15) is 0 Å². The minimum atomic E-state index is 0. The van der Waals surface area contributed by atoms with Crippen molar-refractivity contribution in [3.63, 3.8) is 0 Å². The standard InChI is InChI=1S/C20H10Br2O2.2Y/c21-15-5-1-3-13-11(15)7-9-17(23)19(13)20-14-4-2-6-16(22)12(14)8-10-18(20)24;;/h1-4,7-10,23-24H;;/q-2;;. The molecule has 0 aliphatic rings. The summed E-state index contributed by atoms with van der Waals surface area (Å²) in [7, 11) is 0. The number of fused-ring (bicyclic) bond motifs is 2. The Kier molecular flexibility index (Phi) is 7.87. The smallest absolute Gasteiger partial charge is 0.120 e. The Morgan fingerprint density at radius 2 is 0.962 bits per heavy atom. The van der Waals surface area contributed by atoms with E-state index < -0.39 is 0 Å². The van der Waals surface area contributed by atoms with Gasteiger partial charge in [0.1, 0.15) is 11.5 Å². The zero-order valence-corrected chi connectivity index (χ0v) is 22.3. The fourth-order valence-corrected chi connectivity index (χ4v) is 3.98. The van der Waals surface area contributed by atoms with Gasteiger partial charge in [0.25, 0.3) is 0 Å². The molecule has 4 rings (SSSR count). The molecular weight excluding hydrogens is 610 g/mol. The number of phenolic OH excluding ortho intramolecular Hbond substituents is 2. The van der Waals surface area contributed by atoms with Gasteiger partial charge in [-0.05, 0) is 12.1 Å². The molecule has 4 aromatic carbocycles. The quantitative estimate of drug-likeness (QED) is 0.250. The molecule has 0 heterocycles. The van der Waals surface area contributed by atoms with Crippen molar-refractivity contribution in [3.05, 3.63) is 69.6 Å². The van der Waals surface area contributed by atoms with Crippen molar-refractivity contribution in [1.82, 2.24) is 0 Å². The summed E-state index contributed by atoms with van der Waals surface area (Å²) in [5.41, 5.74) is 1.20. The fraction of sp³-hybridized carbons (Fsp3) is 0. The third-order valence-corrected chi connectivity index (χ3v) is 5.40. The first-order valence-electron chi connectivity index (χ1n) is 7.22. The fourth-order valence-electron chi connectivity index (χ4n) is 3.02. The number of rotatable bonds is 1. The molecule has 26 heavy (non-hydrogen) atoms. The zero-order chi connectivity index (χ0) is 16.8. The molecule has 0 aliphatic heterocycles. The first-order valence-corrected chi connectivity index (χ1v) is 8.80. The molecule has 4 aromatic rings. The molecule has 6 heteroatoms. The van der Waals surface area contributed by atoms with Crippen molar-refractivity contribution >= 4 is 53.4 Å². The van der Waals surface area contributed by atoms with Gasteiger partial charge in [-0.1, -0.05) is 40.8 Å². The number of aromatic hydroxyl groups is 2. The second kappa shape index (κ2) is 9.11. The van der Waals surface area contributed by atoms with Gasteiger partial charge in [-0.15, -0.1) is 33.7 Å². The molecule has 0 unspecified atom stereocenters. The van der Waals surface area contributed by atoms with Crippen LogP contribution >= 0.6 is 31.9 Å². The van der Waals surface area contributed by atoms with Crippen LogP contribution in [0.3, 0.4) is 0 Å². The third kappa shape index (κ3) is 3.83. The monoisotopic (exact) mass is 618 g/mol. The van der Waals surface area contributed by atoms with E-state index in [4.69, 9.17) is 0 Å². The summed E-state index contributed by atoms with van der Waals surface area (Å²) in [6, 6.07) is 20.5. The number of hydrogen-bond acceptors (Lipinski definition) is 2. The third-order valence-electron chi connectivity index (χ3n) is 4.09. The maximum atomic E-state index is 10.5. The van der Waals surface area contributed by atoms with Crippen LogP contribution in [0.4, 0.5) is 0 Å². The van der Waals surface area contributed by atoms with Gasteiger partial charge in [0, 0.05) is 76.5 Å². The van der Waals surface area contributed by atoms with E-state index in [1.165, 1.54) is 0 Å². The normalized spacial score (nSPS) is 10.4. The van der Waals surface area contributed by atoms with Crippen LogP contribution in [0.5, 0.6) is 11.5 Å². The SMILES string of the molecule is Oc1ccc2c(Br)[c-]ccc2c1-c1c(O)ccc2c(Br)[c-]ccc12.[Y].[Y]. The molecule has 124 valence electrons. The van der Waals surface area contributed by atoms with E-state index in [0.717, 1.165) is 30.5 Å². The molecule has 0 bridgehead atoms. The summed E-state index contributed by atoms with van der Waals surface area (Å²) in [6.07, 6.45) is 0. The maximum Gasteiger partial charge on any atom is 0.120 e. The van der Waals surface area contributed by atoms with Gasteiger partial charge in [-0.3, -0.25) is 0 Å². The molecule has 2 nitrogen and oxygen atoms in total. The summed E-state index contributed by atoms with van der Waals surface area (Å²) in [5, 5.41) is 24.6. The average Bonchev–Trinajstić information content (AvgIpc) is 2.56. The predicted molar refractivity (Wildman–Crippen MR) is 103 cm³/mol. The molecule has 0 aromatic heterocycles. The Balaban J connectivity index is 0.00000121. The van der Waals surface area contributed by atoms with E-state index in [2.05, 4.69) is 44.0 Å². The van der Waals surface area contributed by atoms with E-state index >= 15 is 0 Å². The Morgan fingerprint density at radius 3 is 1.35 bits per heavy atom. The van der Waals surface area contributed by atoms with Gasteiger partial charge < -0.3 is 10.2 Å². The van der Waals surface area contributed by atoms with Gasteiger partial charge in [0.15, 0.2) is 0 Å². The van der Waals surface area contributed by atoms with Gasteiger partial charge in [0.2, 0.25) is 0 Å². The first-order chi connectivity index (χ1) is 11.6. The summed E-state index contributed by atoms with van der Waals surface area (Å²) >= 11 is 6.99. The largest absolute Gasteiger partial charge is 0.507 e. The second-order valence-electron chi connectivity index (χ2n) is 5.43. The maximum absolute atomic E-state index is 10.5. The van der Waals surface area contributed by atoms with Gasteiger partial charge >= 0.3 is 0 Å². The van der Waals surface area contributed by atoms with Crippen LogP contribution in [0.15, 0.2) is 57.5 Å². The Labute approximate surface area is 218 Å². The van der Waals surface area contributed by atoms with Crippen LogP contribution in [0.2, 0.25) is 0 Å². The van der Waals surface area contributed by atoms with E-state index in [-0.39, 0.29) is 76.9 Å². The topological polar surface area (TPSA) is 40.5 Å². The summed E-state index contributed by atoms with van der Waals surface area (Å²) < 4.78 is 1.63. The summed E-state index contributed by atoms with van der Waals surface area (Å²) in [4.78, 5) is 0. The molecule has 0 aliphatic carbocycles. The van der Waals surface area contributed by atoms with Crippen LogP contribution < -0.4 is 0 Å². The minimum Gasteiger partial charge on any atom is -0.507 e. The predicted octanol–water partition coefficient (Wildman–Crippen LogP) is 6.19. The van der Waals surface area contributed by atoms with Gasteiger partial charge in [-0.25, -0.2) is 0 Å². The molecule has 0 spiro atoms. The molecule has 2 N–H and O–H groups in total. The first kappa shape index (κ1) is 22.5. The van der Waals surface area contributed by atoms with Gasteiger partial charge in [0.05, 0.1) is 0 Å². The molecule has 0 atom stereocenters. The average molecular weight is 620 g/mol. The van der Waals surface area contributed by atoms with Crippen molar-refractivity contribution in [1.29, 1.82) is 0 Å². The Morgan fingerprint density at radius 1 is 0.577 bits per heavy atom. The second-order valence-corrected chi connectivity index (χ2v) is 7.01. The molecular formula is C20H10Br2O2Y2-2. The van der Waals surface area contributed by atoms with Gasteiger partial charge in [-0.2, -0.15) is 36.4 Å². The molecule has 0 saturated heterocycles. The van der Waals surface area contributed by atoms with Crippen molar-refractivity contribution < 1.29 is 75.6 Å². The van der Waals surface area contributed by atoms with E-state index in [9.17, 15) is 10.2 Å². The van der Waals surface area contributed by atoms with E-state index in [1.807, 2.05) is 24.3 Å². The molecule has 0 saturated carbocycles.